The van der Waals surface area contributed by atoms with Crippen molar-refractivity contribution in [1.82, 2.24) is 20.0 Å². The van der Waals surface area contributed by atoms with E-state index in [1.54, 1.807) is 9.80 Å². The van der Waals surface area contributed by atoms with Crippen molar-refractivity contribution < 1.29 is 28.3 Å². The number of hydrogen-bond acceptors (Lipinski definition) is 6. The van der Waals surface area contributed by atoms with Crippen LogP contribution in [0, 0.1) is 11.6 Å². The molecule has 0 bridgehead atoms. The molecule has 4 aliphatic heterocycles. The number of hydrogen-bond donors (Lipinski definition) is 2. The van der Waals surface area contributed by atoms with Gasteiger partial charge in [-0.1, -0.05) is 6.07 Å². The Kier molecular flexibility index (Phi) is 6.43. The van der Waals surface area contributed by atoms with Crippen LogP contribution in [0.4, 0.5) is 8.78 Å². The van der Waals surface area contributed by atoms with E-state index in [9.17, 15) is 28.3 Å². The topological polar surface area (TPSA) is 93.2 Å². The predicted molar refractivity (Wildman–Crippen MR) is 109 cm³/mol. The molecule has 3 saturated heterocycles. The molecule has 0 aliphatic carbocycles. The number of carbonyl (C=O) groups is 3. The minimum atomic E-state index is -1.66. The number of fused-ring (bicyclic) bond motifs is 4. The van der Waals surface area contributed by atoms with Gasteiger partial charge in [0.1, 0.15) is 35.5 Å². The molecule has 2 N–H and O–H groups in total. The Balaban J connectivity index is 0.00000245. The van der Waals surface area contributed by atoms with Gasteiger partial charge < -0.3 is 20.2 Å². The second-order valence-electron chi connectivity index (χ2n) is 8.42. The van der Waals surface area contributed by atoms with Crippen molar-refractivity contribution in [3.05, 3.63) is 47.2 Å². The molecule has 1 radical (unpaired) electrons. The van der Waals surface area contributed by atoms with Crippen molar-refractivity contribution in [1.29, 1.82) is 0 Å². The van der Waals surface area contributed by atoms with Gasteiger partial charge in [-0.05, 0) is 18.9 Å². The second kappa shape index (κ2) is 8.83. The normalized spacial score (nSPS) is 29.2. The number of ketones is 1. The largest absolute Gasteiger partial charge is 0.382 e. The fraction of sp³-hybridized carbons (Fsp3) is 0.476. The Morgan fingerprint density at radius 3 is 2.75 bits per heavy atom. The molecule has 4 atom stereocenters. The molecule has 8 nitrogen and oxygen atoms in total. The Morgan fingerprint density at radius 1 is 1.22 bits per heavy atom. The molecule has 165 valence electrons. The zero-order chi connectivity index (χ0) is 21.9. The summed E-state index contributed by atoms with van der Waals surface area (Å²) in [5, 5.41) is 13.0. The standard InChI is InChI=1S/C21H22F2N4O4.Na/c22-12-4-3-11(15(23)6-12)7-24-20(30)14-9-25-10-16-26-5-1-2-13(26)8-27(16)21(31)17(25)19(29)18(14)28;/h3-4,6,9,13,16-17,19,29H,1-2,5,7-8,10H2,(H,24,30);/t13-,16+,17?,19?;/m1./s1. The van der Waals surface area contributed by atoms with E-state index in [2.05, 4.69) is 10.2 Å². The summed E-state index contributed by atoms with van der Waals surface area (Å²) in [6.07, 6.45) is 1.60. The molecule has 2 unspecified atom stereocenters. The second-order valence-corrected chi connectivity index (χ2v) is 8.42. The maximum absolute atomic E-state index is 13.8. The molecule has 1 aromatic carbocycles. The number of nitrogens with one attached hydrogen (secondary N) is 1. The monoisotopic (exact) mass is 455 g/mol. The quantitative estimate of drug-likeness (QED) is 0.465. The average Bonchev–Trinajstić information content (AvgIpc) is 3.32. The van der Waals surface area contributed by atoms with Crippen LogP contribution in [0.1, 0.15) is 18.4 Å². The first-order valence-electron chi connectivity index (χ1n) is 10.3. The number of amides is 2. The van der Waals surface area contributed by atoms with Crippen LogP contribution in [0.5, 0.6) is 0 Å². The zero-order valence-corrected chi connectivity index (χ0v) is 19.6. The SMILES string of the molecule is O=C(NCc1ccc(F)cc1F)C1=CN2C[C@@H]3N(C[C@H]4CCCN43)C(=O)C2C(O)C1=O.[Na]. The molecule has 4 aliphatic rings. The first-order valence-corrected chi connectivity index (χ1v) is 10.3. The number of rotatable bonds is 3. The summed E-state index contributed by atoms with van der Waals surface area (Å²) in [5.74, 6) is -3.48. The molecule has 4 heterocycles. The van der Waals surface area contributed by atoms with Gasteiger partial charge in [0.2, 0.25) is 11.7 Å². The molecule has 3 fully saturated rings. The third-order valence-electron chi connectivity index (χ3n) is 6.67. The van der Waals surface area contributed by atoms with Crippen LogP contribution >= 0.6 is 0 Å². The van der Waals surface area contributed by atoms with E-state index in [0.717, 1.165) is 25.5 Å². The number of Topliss-reactive ketones (excluding diaryl/α,β-unsaturated/α-hetero) is 1. The van der Waals surface area contributed by atoms with E-state index < -0.39 is 35.5 Å². The maximum atomic E-state index is 13.8. The Bertz CT molecular complexity index is 1010. The number of aliphatic hydroxyl groups excluding tert-OH is 1. The van der Waals surface area contributed by atoms with Gasteiger partial charge in [0.25, 0.3) is 5.91 Å². The van der Waals surface area contributed by atoms with Crippen LogP contribution in [0.15, 0.2) is 30.0 Å². The molecule has 5 rings (SSSR count). The van der Waals surface area contributed by atoms with E-state index in [0.29, 0.717) is 25.2 Å². The smallest absolute Gasteiger partial charge is 0.256 e. The van der Waals surface area contributed by atoms with Gasteiger partial charge in [-0.15, -0.1) is 0 Å². The average molecular weight is 455 g/mol. The molecule has 2 amide bonds. The Morgan fingerprint density at radius 2 is 2.00 bits per heavy atom. The van der Waals surface area contributed by atoms with Gasteiger partial charge in [-0.2, -0.15) is 0 Å². The van der Waals surface area contributed by atoms with Crippen molar-refractivity contribution in [2.24, 2.45) is 0 Å². The van der Waals surface area contributed by atoms with Crippen molar-refractivity contribution in [3.63, 3.8) is 0 Å². The molecule has 32 heavy (non-hydrogen) atoms. The summed E-state index contributed by atoms with van der Waals surface area (Å²) >= 11 is 0. The minimum Gasteiger partial charge on any atom is -0.382 e. The van der Waals surface area contributed by atoms with E-state index in [-0.39, 0.29) is 59.3 Å². The van der Waals surface area contributed by atoms with E-state index >= 15 is 0 Å². The van der Waals surface area contributed by atoms with Crippen LogP contribution in [0.2, 0.25) is 0 Å². The van der Waals surface area contributed by atoms with Gasteiger partial charge in [0, 0.05) is 73.1 Å². The Labute approximate surface area is 205 Å². The number of aliphatic hydroxyl groups is 1. The first-order chi connectivity index (χ1) is 14.8. The molecule has 0 spiro atoms. The van der Waals surface area contributed by atoms with Crippen LogP contribution in [-0.4, -0.2) is 111 Å². The summed E-state index contributed by atoms with van der Waals surface area (Å²) in [4.78, 5) is 43.9. The number of halogens is 2. The van der Waals surface area contributed by atoms with Gasteiger partial charge >= 0.3 is 0 Å². The predicted octanol–water partition coefficient (Wildman–Crippen LogP) is -0.655. The van der Waals surface area contributed by atoms with E-state index in [1.165, 1.54) is 12.3 Å². The van der Waals surface area contributed by atoms with Crippen LogP contribution in [0.25, 0.3) is 0 Å². The minimum absolute atomic E-state index is 0. The third kappa shape index (κ3) is 3.77. The summed E-state index contributed by atoms with van der Waals surface area (Å²) < 4.78 is 26.9. The summed E-state index contributed by atoms with van der Waals surface area (Å²) in [6, 6.07) is 2.23. The fourth-order valence-electron chi connectivity index (χ4n) is 5.12. The van der Waals surface area contributed by atoms with Gasteiger partial charge in [0.15, 0.2) is 0 Å². The third-order valence-corrected chi connectivity index (χ3v) is 6.67. The van der Waals surface area contributed by atoms with Gasteiger partial charge in [-0.3, -0.25) is 19.3 Å². The maximum Gasteiger partial charge on any atom is 0.256 e. The van der Waals surface area contributed by atoms with Crippen LogP contribution < -0.4 is 5.32 Å². The zero-order valence-electron chi connectivity index (χ0n) is 17.6. The van der Waals surface area contributed by atoms with Gasteiger partial charge in [0.05, 0.1) is 6.54 Å². The van der Waals surface area contributed by atoms with Crippen molar-refractivity contribution in [2.75, 3.05) is 19.6 Å². The van der Waals surface area contributed by atoms with Gasteiger partial charge in [-0.25, -0.2) is 8.78 Å². The number of nitrogens with zero attached hydrogens (tertiary/aromatic N) is 3. The molecule has 0 aromatic heterocycles. The first kappa shape index (κ1) is 23.3. The Hall–Kier alpha value is -1.85. The van der Waals surface area contributed by atoms with Crippen LogP contribution in [0.3, 0.4) is 0 Å². The molecule has 0 saturated carbocycles. The van der Waals surface area contributed by atoms with E-state index in [1.807, 2.05) is 0 Å². The van der Waals surface area contributed by atoms with Crippen molar-refractivity contribution in [3.8, 4) is 0 Å². The molecular formula is C21H22F2N4NaO4. The molecule has 1 aromatic rings. The van der Waals surface area contributed by atoms with E-state index in [4.69, 9.17) is 0 Å². The number of carbonyl (C=O) groups excluding carboxylic acids is 3. The van der Waals surface area contributed by atoms with Crippen molar-refractivity contribution >= 4 is 47.2 Å². The molecule has 11 heteroatoms. The van der Waals surface area contributed by atoms with Crippen LogP contribution in [-0.2, 0) is 20.9 Å². The molecular weight excluding hydrogens is 433 g/mol. The summed E-state index contributed by atoms with van der Waals surface area (Å²) in [7, 11) is 0. The summed E-state index contributed by atoms with van der Waals surface area (Å²) in [5.41, 5.74) is -0.227. The fourth-order valence-corrected chi connectivity index (χ4v) is 5.12. The summed E-state index contributed by atoms with van der Waals surface area (Å²) in [6.45, 7) is 1.62. The number of piperazine rings is 1. The van der Waals surface area contributed by atoms with Crippen molar-refractivity contribution in [2.45, 2.75) is 43.7 Å². The number of benzene rings is 1.